The summed E-state index contributed by atoms with van der Waals surface area (Å²) in [7, 11) is 0. The molecule has 105 valence electrons. The van der Waals surface area contributed by atoms with Crippen molar-refractivity contribution >= 4 is 0 Å². The summed E-state index contributed by atoms with van der Waals surface area (Å²) in [6.45, 7) is 5.08. The van der Waals surface area contributed by atoms with Crippen molar-refractivity contribution < 1.29 is 13.2 Å². The molecule has 0 saturated carbocycles. The lowest BCUT2D eigenvalue weighted by Gasteiger charge is -2.08. The van der Waals surface area contributed by atoms with Gasteiger partial charge in [-0.1, -0.05) is 36.4 Å². The molecule has 0 bridgehead atoms. The molecule has 1 radical (unpaired) electrons. The fraction of sp³-hybridized carbons (Fsp3) is 0.188. The van der Waals surface area contributed by atoms with Gasteiger partial charge in [-0.15, -0.1) is 0 Å². The molecule has 0 aromatic heterocycles. The molecule has 0 heterocycles. The molecule has 0 aliphatic heterocycles. The van der Waals surface area contributed by atoms with Gasteiger partial charge < -0.3 is 5.32 Å². The van der Waals surface area contributed by atoms with Gasteiger partial charge in [0.25, 0.3) is 0 Å². The SMILES string of the molecule is [CH2]CNCc1ccc(-c2ccc(C(F)(F)F)cc2)cc1. The van der Waals surface area contributed by atoms with Crippen LogP contribution < -0.4 is 5.32 Å². The molecular weight excluding hydrogens is 263 g/mol. The van der Waals surface area contributed by atoms with Crippen molar-refractivity contribution in [3.63, 3.8) is 0 Å². The van der Waals surface area contributed by atoms with E-state index in [4.69, 9.17) is 0 Å². The van der Waals surface area contributed by atoms with E-state index in [9.17, 15) is 13.2 Å². The maximum Gasteiger partial charge on any atom is 0.416 e. The highest BCUT2D eigenvalue weighted by Crippen LogP contribution is 2.30. The molecule has 2 aromatic rings. The molecule has 1 N–H and O–H groups in total. The molecule has 2 aromatic carbocycles. The summed E-state index contributed by atoms with van der Waals surface area (Å²) in [5.74, 6) is 0. The van der Waals surface area contributed by atoms with E-state index < -0.39 is 11.7 Å². The van der Waals surface area contributed by atoms with Crippen LogP contribution in [-0.2, 0) is 12.7 Å². The molecule has 0 fully saturated rings. The van der Waals surface area contributed by atoms with Crippen molar-refractivity contribution in [1.29, 1.82) is 0 Å². The Morgan fingerprint density at radius 1 is 0.850 bits per heavy atom. The van der Waals surface area contributed by atoms with Gasteiger partial charge >= 0.3 is 6.18 Å². The standard InChI is InChI=1S/C16H15F3N/c1-2-20-11-12-3-5-13(6-4-12)14-7-9-15(10-8-14)16(17,18)19/h3-10,20H,1-2,11H2. The minimum atomic E-state index is -4.29. The second-order valence-corrected chi connectivity index (χ2v) is 4.45. The molecule has 0 atom stereocenters. The van der Waals surface area contributed by atoms with Crippen molar-refractivity contribution in [3.8, 4) is 11.1 Å². The zero-order valence-electron chi connectivity index (χ0n) is 10.9. The van der Waals surface area contributed by atoms with E-state index in [0.717, 1.165) is 35.4 Å². The minimum absolute atomic E-state index is 0.627. The molecule has 0 unspecified atom stereocenters. The first kappa shape index (κ1) is 14.6. The molecule has 0 amide bonds. The third-order valence-electron chi connectivity index (χ3n) is 3.01. The van der Waals surface area contributed by atoms with Crippen LogP contribution in [0.3, 0.4) is 0 Å². The predicted molar refractivity (Wildman–Crippen MR) is 73.9 cm³/mol. The summed E-state index contributed by atoms with van der Waals surface area (Å²) >= 11 is 0. The molecule has 20 heavy (non-hydrogen) atoms. The van der Waals surface area contributed by atoms with Crippen molar-refractivity contribution in [2.75, 3.05) is 6.54 Å². The number of hydrogen-bond acceptors (Lipinski definition) is 1. The zero-order chi connectivity index (χ0) is 14.6. The van der Waals surface area contributed by atoms with E-state index in [-0.39, 0.29) is 0 Å². The van der Waals surface area contributed by atoms with Crippen molar-refractivity contribution in [1.82, 2.24) is 5.32 Å². The Morgan fingerprint density at radius 2 is 1.35 bits per heavy atom. The van der Waals surface area contributed by atoms with Gasteiger partial charge in [0.05, 0.1) is 5.56 Å². The van der Waals surface area contributed by atoms with Gasteiger partial charge in [0.2, 0.25) is 0 Å². The van der Waals surface area contributed by atoms with E-state index in [1.165, 1.54) is 12.1 Å². The van der Waals surface area contributed by atoms with E-state index in [0.29, 0.717) is 6.54 Å². The zero-order valence-corrected chi connectivity index (χ0v) is 10.9. The molecule has 2 rings (SSSR count). The molecule has 0 aliphatic rings. The van der Waals surface area contributed by atoms with E-state index in [2.05, 4.69) is 12.2 Å². The number of alkyl halides is 3. The number of halogens is 3. The van der Waals surface area contributed by atoms with E-state index in [1.54, 1.807) is 0 Å². The molecule has 0 saturated heterocycles. The Kier molecular flexibility index (Phi) is 4.45. The second kappa shape index (κ2) is 6.09. The molecule has 0 aliphatic carbocycles. The summed E-state index contributed by atoms with van der Waals surface area (Å²) in [4.78, 5) is 0. The maximum atomic E-state index is 12.5. The number of nitrogens with one attached hydrogen (secondary N) is 1. The van der Waals surface area contributed by atoms with E-state index in [1.807, 2.05) is 24.3 Å². The van der Waals surface area contributed by atoms with Gasteiger partial charge in [0.15, 0.2) is 0 Å². The highest BCUT2D eigenvalue weighted by Gasteiger charge is 2.29. The maximum absolute atomic E-state index is 12.5. The lowest BCUT2D eigenvalue weighted by molar-refractivity contribution is -0.137. The third kappa shape index (κ3) is 3.61. The average Bonchev–Trinajstić information content (AvgIpc) is 2.45. The summed E-state index contributed by atoms with van der Waals surface area (Å²) in [6.07, 6.45) is -4.29. The van der Waals surface area contributed by atoms with Crippen LogP contribution in [0.1, 0.15) is 11.1 Å². The van der Waals surface area contributed by atoms with Crippen molar-refractivity contribution in [3.05, 3.63) is 66.6 Å². The summed E-state index contributed by atoms with van der Waals surface area (Å²) in [5, 5.41) is 3.11. The quantitative estimate of drug-likeness (QED) is 0.879. The lowest BCUT2D eigenvalue weighted by atomic mass is 10.0. The lowest BCUT2D eigenvalue weighted by Crippen LogP contribution is -2.11. The Balaban J connectivity index is 2.15. The fourth-order valence-electron chi connectivity index (χ4n) is 1.90. The van der Waals surface area contributed by atoms with Gasteiger partial charge in [-0.2, -0.15) is 13.2 Å². The van der Waals surface area contributed by atoms with Crippen LogP contribution in [0.4, 0.5) is 13.2 Å². The minimum Gasteiger partial charge on any atom is -0.313 e. The Bertz CT molecular complexity index is 541. The van der Waals surface area contributed by atoms with Gasteiger partial charge in [-0.25, -0.2) is 0 Å². The molecule has 4 heteroatoms. The largest absolute Gasteiger partial charge is 0.416 e. The fourth-order valence-corrected chi connectivity index (χ4v) is 1.90. The number of rotatable bonds is 4. The Morgan fingerprint density at radius 3 is 1.80 bits per heavy atom. The average molecular weight is 278 g/mol. The van der Waals surface area contributed by atoms with Gasteiger partial charge in [-0.05, 0) is 42.3 Å². The van der Waals surface area contributed by atoms with Crippen molar-refractivity contribution in [2.24, 2.45) is 0 Å². The number of benzene rings is 2. The van der Waals surface area contributed by atoms with Crippen molar-refractivity contribution in [2.45, 2.75) is 12.7 Å². The summed E-state index contributed by atoms with van der Waals surface area (Å²) in [6, 6.07) is 12.9. The Labute approximate surface area is 116 Å². The molecule has 0 spiro atoms. The summed E-state index contributed by atoms with van der Waals surface area (Å²) < 4.78 is 37.4. The van der Waals surface area contributed by atoms with Gasteiger partial charge in [0.1, 0.15) is 0 Å². The van der Waals surface area contributed by atoms with Gasteiger partial charge in [0, 0.05) is 6.54 Å². The van der Waals surface area contributed by atoms with Crippen LogP contribution in [0.15, 0.2) is 48.5 Å². The molecular formula is C16H15F3N. The highest BCUT2D eigenvalue weighted by atomic mass is 19.4. The second-order valence-electron chi connectivity index (χ2n) is 4.45. The smallest absolute Gasteiger partial charge is 0.313 e. The van der Waals surface area contributed by atoms with Crippen LogP contribution in [0.25, 0.3) is 11.1 Å². The van der Waals surface area contributed by atoms with Crippen LogP contribution >= 0.6 is 0 Å². The predicted octanol–water partition coefficient (Wildman–Crippen LogP) is 4.30. The topological polar surface area (TPSA) is 12.0 Å². The summed E-state index contributed by atoms with van der Waals surface area (Å²) in [5.41, 5.74) is 2.16. The first-order valence-corrected chi connectivity index (χ1v) is 6.27. The van der Waals surface area contributed by atoms with Crippen LogP contribution in [0, 0.1) is 6.92 Å². The van der Waals surface area contributed by atoms with Crippen LogP contribution in [-0.4, -0.2) is 6.54 Å². The normalized spacial score (nSPS) is 11.6. The van der Waals surface area contributed by atoms with E-state index >= 15 is 0 Å². The third-order valence-corrected chi connectivity index (χ3v) is 3.01. The first-order chi connectivity index (χ1) is 9.50. The van der Waals surface area contributed by atoms with Crippen LogP contribution in [0.2, 0.25) is 0 Å². The number of hydrogen-bond donors (Lipinski definition) is 1. The monoisotopic (exact) mass is 278 g/mol. The van der Waals surface area contributed by atoms with Crippen LogP contribution in [0.5, 0.6) is 0 Å². The first-order valence-electron chi connectivity index (χ1n) is 6.27. The Hall–Kier alpha value is -1.81. The highest BCUT2D eigenvalue weighted by molar-refractivity contribution is 5.64. The van der Waals surface area contributed by atoms with Gasteiger partial charge in [-0.3, -0.25) is 0 Å². The molecule has 1 nitrogen and oxygen atoms in total.